The average molecular weight is 164 g/mol. The lowest BCUT2D eigenvalue weighted by atomic mass is 9.81. The molecule has 0 saturated carbocycles. The predicted octanol–water partition coefficient (Wildman–Crippen LogP) is 2.17. The van der Waals surface area contributed by atoms with Gasteiger partial charge in [0.2, 0.25) is 0 Å². The number of hydrogen-bond acceptors (Lipinski definition) is 1. The molecule has 0 unspecified atom stereocenters. The van der Waals surface area contributed by atoms with Gasteiger partial charge in [0.05, 0.1) is 6.20 Å². The van der Waals surface area contributed by atoms with Crippen molar-refractivity contribution in [3.63, 3.8) is 0 Å². The first-order valence-corrected chi connectivity index (χ1v) is 4.78. The summed E-state index contributed by atoms with van der Waals surface area (Å²) < 4.78 is 0. The number of aryl methyl sites for hydroxylation is 1. The van der Waals surface area contributed by atoms with E-state index in [9.17, 15) is 0 Å². The van der Waals surface area contributed by atoms with Crippen molar-refractivity contribution in [3.8, 4) is 0 Å². The van der Waals surface area contributed by atoms with Crippen LogP contribution in [0.3, 0.4) is 0 Å². The van der Waals surface area contributed by atoms with Crippen molar-refractivity contribution in [1.29, 1.82) is 0 Å². The Morgan fingerprint density at radius 3 is 3.17 bits per heavy atom. The van der Waals surface area contributed by atoms with Crippen molar-refractivity contribution >= 4 is 0 Å². The van der Waals surface area contributed by atoms with E-state index in [0.29, 0.717) is 0 Å². The summed E-state index contributed by atoms with van der Waals surface area (Å²) in [5.74, 6) is 1.68. The first-order chi connectivity index (χ1) is 5.77. The van der Waals surface area contributed by atoms with Gasteiger partial charge in [0.1, 0.15) is 0 Å². The van der Waals surface area contributed by atoms with Gasteiger partial charge in [0.25, 0.3) is 0 Å². The predicted molar refractivity (Wildman–Crippen MR) is 48.9 cm³/mol. The largest absolute Gasteiger partial charge is 0.282 e. The molecule has 66 valence electrons. The molecule has 1 aliphatic rings. The van der Waals surface area contributed by atoms with Crippen molar-refractivity contribution in [1.82, 2.24) is 10.2 Å². The summed E-state index contributed by atoms with van der Waals surface area (Å²) in [7, 11) is 0. The first kappa shape index (κ1) is 7.84. The van der Waals surface area contributed by atoms with Gasteiger partial charge in [-0.05, 0) is 36.7 Å². The SMILES string of the molecule is CC(C)[C@H]1CCc2[nH]ncc2C1. The Labute approximate surface area is 73.4 Å². The van der Waals surface area contributed by atoms with Gasteiger partial charge < -0.3 is 0 Å². The Balaban J connectivity index is 2.15. The van der Waals surface area contributed by atoms with Crippen LogP contribution in [0.15, 0.2) is 6.20 Å². The number of rotatable bonds is 1. The van der Waals surface area contributed by atoms with Crippen molar-refractivity contribution in [2.75, 3.05) is 0 Å². The molecule has 0 spiro atoms. The fourth-order valence-electron chi connectivity index (χ4n) is 2.01. The summed E-state index contributed by atoms with van der Waals surface area (Å²) >= 11 is 0. The number of nitrogens with zero attached hydrogens (tertiary/aromatic N) is 1. The molecule has 1 N–H and O–H groups in total. The third-order valence-corrected chi connectivity index (χ3v) is 3.00. The Kier molecular flexibility index (Phi) is 1.91. The third kappa shape index (κ3) is 1.26. The van der Waals surface area contributed by atoms with Crippen LogP contribution in [0.1, 0.15) is 31.5 Å². The molecule has 0 aliphatic heterocycles. The van der Waals surface area contributed by atoms with Gasteiger partial charge in [-0.3, -0.25) is 5.10 Å². The summed E-state index contributed by atoms with van der Waals surface area (Å²) in [6, 6.07) is 0. The maximum absolute atomic E-state index is 4.07. The van der Waals surface area contributed by atoms with Gasteiger partial charge in [-0.1, -0.05) is 13.8 Å². The van der Waals surface area contributed by atoms with Crippen LogP contribution in [0.4, 0.5) is 0 Å². The minimum absolute atomic E-state index is 0.813. The highest BCUT2D eigenvalue weighted by Crippen LogP contribution is 2.28. The lowest BCUT2D eigenvalue weighted by molar-refractivity contribution is 0.342. The molecule has 0 fully saturated rings. The molecule has 2 heteroatoms. The van der Waals surface area contributed by atoms with Crippen LogP contribution in [0.2, 0.25) is 0 Å². The van der Waals surface area contributed by atoms with Gasteiger partial charge in [-0.2, -0.15) is 5.10 Å². The van der Waals surface area contributed by atoms with Crippen molar-refractivity contribution in [2.45, 2.75) is 33.1 Å². The number of fused-ring (bicyclic) bond motifs is 1. The molecule has 12 heavy (non-hydrogen) atoms. The quantitative estimate of drug-likeness (QED) is 0.677. The normalized spacial score (nSPS) is 22.8. The molecule has 0 bridgehead atoms. The minimum atomic E-state index is 0.813. The third-order valence-electron chi connectivity index (χ3n) is 3.00. The van der Waals surface area contributed by atoms with Crippen molar-refractivity contribution in [3.05, 3.63) is 17.5 Å². The molecule has 0 amide bonds. The van der Waals surface area contributed by atoms with E-state index in [2.05, 4.69) is 24.0 Å². The topological polar surface area (TPSA) is 28.7 Å². The van der Waals surface area contributed by atoms with E-state index in [1.165, 1.54) is 30.5 Å². The molecule has 1 atom stereocenters. The van der Waals surface area contributed by atoms with E-state index in [1.54, 1.807) is 0 Å². The second-order valence-corrected chi connectivity index (χ2v) is 4.12. The highest BCUT2D eigenvalue weighted by molar-refractivity contribution is 5.20. The standard InChI is InChI=1S/C10H16N2/c1-7(2)8-3-4-10-9(5-8)6-11-12-10/h6-8H,3-5H2,1-2H3,(H,11,12)/t8-/m0/s1. The minimum Gasteiger partial charge on any atom is -0.282 e. The van der Waals surface area contributed by atoms with Gasteiger partial charge in [0, 0.05) is 5.69 Å². The molecule has 1 aromatic rings. The van der Waals surface area contributed by atoms with Crippen LogP contribution >= 0.6 is 0 Å². The molecule has 0 radical (unpaired) electrons. The molecule has 2 nitrogen and oxygen atoms in total. The van der Waals surface area contributed by atoms with E-state index in [4.69, 9.17) is 0 Å². The molecule has 1 heterocycles. The zero-order chi connectivity index (χ0) is 8.55. The zero-order valence-electron chi connectivity index (χ0n) is 7.80. The second-order valence-electron chi connectivity index (χ2n) is 4.12. The van der Waals surface area contributed by atoms with Crippen LogP contribution in [0, 0.1) is 11.8 Å². The highest BCUT2D eigenvalue weighted by atomic mass is 15.1. The number of nitrogens with one attached hydrogen (secondary N) is 1. The maximum Gasteiger partial charge on any atom is 0.0522 e. The lowest BCUT2D eigenvalue weighted by Crippen LogP contribution is -2.18. The first-order valence-electron chi connectivity index (χ1n) is 4.78. The fourth-order valence-corrected chi connectivity index (χ4v) is 2.01. The van der Waals surface area contributed by atoms with Crippen LogP contribution in [-0.4, -0.2) is 10.2 Å². The molecule has 1 aliphatic carbocycles. The number of aromatic nitrogens is 2. The van der Waals surface area contributed by atoms with Crippen molar-refractivity contribution in [2.24, 2.45) is 11.8 Å². The van der Waals surface area contributed by atoms with Crippen LogP contribution in [0.25, 0.3) is 0 Å². The van der Waals surface area contributed by atoms with Gasteiger partial charge in [-0.15, -0.1) is 0 Å². The van der Waals surface area contributed by atoms with E-state index < -0.39 is 0 Å². The van der Waals surface area contributed by atoms with Crippen LogP contribution < -0.4 is 0 Å². The van der Waals surface area contributed by atoms with E-state index >= 15 is 0 Å². The van der Waals surface area contributed by atoms with Gasteiger partial charge in [0.15, 0.2) is 0 Å². The lowest BCUT2D eigenvalue weighted by Gasteiger charge is -2.24. The van der Waals surface area contributed by atoms with E-state index in [-0.39, 0.29) is 0 Å². The van der Waals surface area contributed by atoms with Crippen LogP contribution in [0.5, 0.6) is 0 Å². The zero-order valence-corrected chi connectivity index (χ0v) is 7.80. The second kappa shape index (κ2) is 2.92. The number of aromatic amines is 1. The Morgan fingerprint density at radius 1 is 1.58 bits per heavy atom. The average Bonchev–Trinajstić information content (AvgIpc) is 2.49. The van der Waals surface area contributed by atoms with E-state index in [0.717, 1.165) is 11.8 Å². The monoisotopic (exact) mass is 164 g/mol. The summed E-state index contributed by atoms with van der Waals surface area (Å²) in [5, 5.41) is 7.14. The number of hydrogen-bond donors (Lipinski definition) is 1. The van der Waals surface area contributed by atoms with Gasteiger partial charge in [-0.25, -0.2) is 0 Å². The summed E-state index contributed by atoms with van der Waals surface area (Å²) in [6.07, 6.45) is 5.73. The molecular weight excluding hydrogens is 148 g/mol. The fraction of sp³-hybridized carbons (Fsp3) is 0.700. The van der Waals surface area contributed by atoms with Crippen LogP contribution in [-0.2, 0) is 12.8 Å². The molecule has 0 aromatic carbocycles. The number of H-pyrrole nitrogens is 1. The molecular formula is C10H16N2. The summed E-state index contributed by atoms with van der Waals surface area (Å²) in [5.41, 5.74) is 2.81. The van der Waals surface area contributed by atoms with E-state index in [1.807, 2.05) is 6.20 Å². The molecule has 1 aromatic heterocycles. The molecule has 0 saturated heterocycles. The summed E-state index contributed by atoms with van der Waals surface area (Å²) in [6.45, 7) is 4.63. The van der Waals surface area contributed by atoms with Gasteiger partial charge >= 0.3 is 0 Å². The smallest absolute Gasteiger partial charge is 0.0522 e. The Morgan fingerprint density at radius 2 is 2.42 bits per heavy atom. The Bertz CT molecular complexity index is 263. The Hall–Kier alpha value is -0.790. The highest BCUT2D eigenvalue weighted by Gasteiger charge is 2.21. The summed E-state index contributed by atoms with van der Waals surface area (Å²) in [4.78, 5) is 0. The molecule has 2 rings (SSSR count). The maximum atomic E-state index is 4.07. The van der Waals surface area contributed by atoms with Crippen molar-refractivity contribution < 1.29 is 0 Å².